The first-order chi connectivity index (χ1) is 9.67. The Morgan fingerprint density at radius 1 is 1.10 bits per heavy atom. The van der Waals surface area contributed by atoms with Crippen LogP contribution in [0.4, 0.5) is 0 Å². The van der Waals surface area contributed by atoms with Crippen LogP contribution in [-0.2, 0) is 4.79 Å². The van der Waals surface area contributed by atoms with Crippen molar-refractivity contribution in [2.24, 2.45) is 5.92 Å². The van der Waals surface area contributed by atoms with E-state index < -0.39 is 0 Å². The number of nitrogens with one attached hydrogen (secondary N) is 1. The number of likely N-dealkylation sites (tertiary alicyclic amines) is 1. The molecule has 0 aliphatic carbocycles. The average molecular weight is 394 g/mol. The number of hydrogen-bond acceptors (Lipinski definition) is 4. The van der Waals surface area contributed by atoms with Gasteiger partial charge in [-0.1, -0.05) is 0 Å². The quantitative estimate of drug-likeness (QED) is 0.553. The van der Waals surface area contributed by atoms with Gasteiger partial charge in [0.25, 0.3) is 0 Å². The van der Waals surface area contributed by atoms with E-state index in [1.54, 1.807) is 0 Å². The lowest BCUT2D eigenvalue weighted by atomic mass is 9.93. The van der Waals surface area contributed by atoms with Crippen LogP contribution in [0.1, 0.15) is 19.3 Å². The molecule has 2 saturated heterocycles. The van der Waals surface area contributed by atoms with E-state index in [2.05, 4.69) is 25.3 Å². The summed E-state index contributed by atoms with van der Waals surface area (Å²) < 4.78 is 2.67. The number of halogens is 1. The summed E-state index contributed by atoms with van der Waals surface area (Å²) in [5, 5.41) is 0. The van der Waals surface area contributed by atoms with Crippen LogP contribution in [-0.4, -0.2) is 80.0 Å². The van der Waals surface area contributed by atoms with Crippen molar-refractivity contribution in [2.45, 2.75) is 19.3 Å². The van der Waals surface area contributed by atoms with Crippen LogP contribution in [0.15, 0.2) is 0 Å². The molecule has 6 heteroatoms. The molecule has 2 aliphatic rings. The van der Waals surface area contributed by atoms with Gasteiger partial charge in [-0.3, -0.25) is 13.2 Å². The van der Waals surface area contributed by atoms with Crippen molar-refractivity contribution in [1.29, 1.82) is 0 Å². The number of carbonyl (C=O) groups is 1. The molecule has 1 amide bonds. The molecule has 1 N–H and O–H groups in total. The Labute approximate surface area is 136 Å². The third kappa shape index (κ3) is 5.46. The van der Waals surface area contributed by atoms with E-state index in [0.717, 1.165) is 19.0 Å². The van der Waals surface area contributed by atoms with Crippen molar-refractivity contribution in [3.05, 3.63) is 0 Å². The van der Waals surface area contributed by atoms with Gasteiger partial charge in [-0.2, -0.15) is 0 Å². The monoisotopic (exact) mass is 394 g/mol. The normalized spacial score (nSPS) is 23.9. The number of hydrogen-bond donors (Lipinski definition) is 1. The maximum Gasteiger partial charge on any atom is 0.242 e. The molecule has 20 heavy (non-hydrogen) atoms. The first-order valence-corrected chi connectivity index (χ1v) is 8.78. The highest BCUT2D eigenvalue weighted by molar-refractivity contribution is 14.1. The number of piperidine rings is 1. The van der Waals surface area contributed by atoms with Crippen LogP contribution < -0.4 is 3.53 Å². The van der Waals surface area contributed by atoms with E-state index in [1.165, 1.54) is 52.0 Å². The Balaban J connectivity index is 1.59. The number of likely N-dealkylation sites (N-methyl/N-ethyl adjacent to an activating group) is 1. The number of amides is 1. The van der Waals surface area contributed by atoms with Crippen LogP contribution in [0.25, 0.3) is 0 Å². The Morgan fingerprint density at radius 3 is 2.35 bits per heavy atom. The minimum atomic E-state index is 0.126. The van der Waals surface area contributed by atoms with Gasteiger partial charge >= 0.3 is 0 Å². The van der Waals surface area contributed by atoms with Crippen LogP contribution in [0.5, 0.6) is 0 Å². The molecule has 0 bridgehead atoms. The molecule has 0 unspecified atom stereocenters. The zero-order valence-electron chi connectivity index (χ0n) is 12.5. The summed E-state index contributed by atoms with van der Waals surface area (Å²) in [6, 6.07) is 0. The van der Waals surface area contributed by atoms with Gasteiger partial charge in [-0.25, -0.2) is 0 Å². The van der Waals surface area contributed by atoms with Gasteiger partial charge in [0.1, 0.15) is 0 Å². The van der Waals surface area contributed by atoms with Gasteiger partial charge in [-0.05, 0) is 51.9 Å². The summed E-state index contributed by atoms with van der Waals surface area (Å²) in [5.74, 6) is 0.982. The lowest BCUT2D eigenvalue weighted by Gasteiger charge is -2.35. The van der Waals surface area contributed by atoms with Gasteiger partial charge in [0.2, 0.25) is 5.91 Å². The highest BCUT2D eigenvalue weighted by atomic mass is 127. The van der Waals surface area contributed by atoms with Crippen LogP contribution in [0, 0.1) is 5.92 Å². The highest BCUT2D eigenvalue weighted by Crippen LogP contribution is 2.20. The maximum absolute atomic E-state index is 11.3. The summed E-state index contributed by atoms with van der Waals surface area (Å²) in [6.07, 6.45) is 3.83. The molecule has 2 fully saturated rings. The standard InChI is InChI=1S/C14H27IN4O/c1-17-8-10-18(11-9-17)5-2-13-3-6-19(7-4-13)12-14(20)16-15/h13H,2-12H2,1H3,(H,16,20). The molecular weight excluding hydrogens is 367 g/mol. The van der Waals surface area contributed by atoms with Gasteiger partial charge in [0.05, 0.1) is 29.4 Å². The molecular formula is C14H27IN4O. The second-order valence-electron chi connectivity index (χ2n) is 6.17. The van der Waals surface area contributed by atoms with E-state index >= 15 is 0 Å². The fraction of sp³-hybridized carbons (Fsp3) is 0.929. The van der Waals surface area contributed by atoms with Crippen molar-refractivity contribution in [3.8, 4) is 0 Å². The number of piperazine rings is 1. The highest BCUT2D eigenvalue weighted by Gasteiger charge is 2.22. The summed E-state index contributed by atoms with van der Waals surface area (Å²) >= 11 is 1.92. The molecule has 0 radical (unpaired) electrons. The average Bonchev–Trinajstić information content (AvgIpc) is 2.48. The predicted molar refractivity (Wildman–Crippen MR) is 89.9 cm³/mol. The SMILES string of the molecule is CN1CCN(CCC2CCN(CC(=O)NI)CC2)CC1. The topological polar surface area (TPSA) is 38.8 Å². The summed E-state index contributed by atoms with van der Waals surface area (Å²) in [5.41, 5.74) is 0. The van der Waals surface area contributed by atoms with Gasteiger partial charge in [0.15, 0.2) is 0 Å². The maximum atomic E-state index is 11.3. The summed E-state index contributed by atoms with van der Waals surface area (Å²) in [7, 11) is 2.21. The lowest BCUT2D eigenvalue weighted by molar-refractivity contribution is -0.120. The molecule has 0 saturated carbocycles. The van der Waals surface area contributed by atoms with E-state index in [9.17, 15) is 4.79 Å². The van der Waals surface area contributed by atoms with Gasteiger partial charge in [-0.15, -0.1) is 0 Å². The van der Waals surface area contributed by atoms with Crippen LogP contribution in [0.3, 0.4) is 0 Å². The zero-order chi connectivity index (χ0) is 14.4. The predicted octanol–water partition coefficient (Wildman–Crippen LogP) is 0.802. The minimum Gasteiger partial charge on any atom is -0.304 e. The molecule has 2 aliphatic heterocycles. The fourth-order valence-electron chi connectivity index (χ4n) is 3.10. The fourth-order valence-corrected chi connectivity index (χ4v) is 3.27. The van der Waals surface area contributed by atoms with Crippen molar-refractivity contribution >= 4 is 28.8 Å². The smallest absolute Gasteiger partial charge is 0.242 e. The minimum absolute atomic E-state index is 0.126. The van der Waals surface area contributed by atoms with Crippen molar-refractivity contribution < 1.29 is 4.79 Å². The summed E-state index contributed by atoms with van der Waals surface area (Å²) in [6.45, 7) is 8.86. The Kier molecular flexibility index (Phi) is 7.00. The molecule has 0 aromatic carbocycles. The zero-order valence-corrected chi connectivity index (χ0v) is 14.6. The van der Waals surface area contributed by atoms with Crippen molar-refractivity contribution in [2.75, 3.05) is 59.4 Å². The molecule has 0 aromatic heterocycles. The molecule has 0 aromatic rings. The van der Waals surface area contributed by atoms with Crippen molar-refractivity contribution in [1.82, 2.24) is 18.2 Å². The van der Waals surface area contributed by atoms with Crippen LogP contribution >= 0.6 is 22.9 Å². The van der Waals surface area contributed by atoms with Crippen molar-refractivity contribution in [3.63, 3.8) is 0 Å². The Bertz CT molecular complexity index is 300. The molecule has 116 valence electrons. The Morgan fingerprint density at radius 2 is 1.75 bits per heavy atom. The van der Waals surface area contributed by atoms with E-state index in [-0.39, 0.29) is 5.91 Å². The first-order valence-electron chi connectivity index (χ1n) is 7.70. The Hall–Kier alpha value is 0.0800. The second kappa shape index (κ2) is 8.51. The molecule has 2 rings (SSSR count). The number of carbonyl (C=O) groups excluding carboxylic acids is 1. The van der Waals surface area contributed by atoms with E-state index in [4.69, 9.17) is 0 Å². The number of nitrogens with zero attached hydrogens (tertiary/aromatic N) is 3. The largest absolute Gasteiger partial charge is 0.304 e. The third-order valence-electron chi connectivity index (χ3n) is 4.63. The first kappa shape index (κ1) is 16.5. The molecule has 2 heterocycles. The summed E-state index contributed by atoms with van der Waals surface area (Å²) in [4.78, 5) is 18.6. The second-order valence-corrected chi connectivity index (χ2v) is 6.71. The van der Waals surface area contributed by atoms with E-state index in [0.29, 0.717) is 6.54 Å². The van der Waals surface area contributed by atoms with Gasteiger partial charge in [0, 0.05) is 26.2 Å². The number of rotatable bonds is 5. The molecule has 5 nitrogen and oxygen atoms in total. The van der Waals surface area contributed by atoms with E-state index in [1.807, 2.05) is 22.9 Å². The van der Waals surface area contributed by atoms with Gasteiger partial charge < -0.3 is 9.80 Å². The molecule has 0 atom stereocenters. The van der Waals surface area contributed by atoms with Crippen LogP contribution in [0.2, 0.25) is 0 Å². The third-order valence-corrected chi connectivity index (χ3v) is 5.23. The lowest BCUT2D eigenvalue weighted by Crippen LogP contribution is -2.45. The molecule has 0 spiro atoms.